The van der Waals surface area contributed by atoms with Crippen LogP contribution in [-0.4, -0.2) is 35.6 Å². The maximum Gasteiger partial charge on any atom is 0.222 e. The van der Waals surface area contributed by atoms with Crippen molar-refractivity contribution in [3.8, 4) is 12.3 Å². The number of aliphatic hydroxyl groups is 1. The molecule has 1 aliphatic rings. The van der Waals surface area contributed by atoms with E-state index in [2.05, 4.69) is 5.92 Å². The fourth-order valence-corrected chi connectivity index (χ4v) is 2.03. The van der Waals surface area contributed by atoms with Crippen LogP contribution < -0.4 is 0 Å². The maximum atomic E-state index is 11.7. The number of amides is 1. The van der Waals surface area contributed by atoms with E-state index in [1.165, 1.54) is 0 Å². The van der Waals surface area contributed by atoms with Gasteiger partial charge in [0.15, 0.2) is 0 Å². The van der Waals surface area contributed by atoms with Crippen LogP contribution in [0.25, 0.3) is 0 Å². The van der Waals surface area contributed by atoms with Gasteiger partial charge in [-0.15, -0.1) is 12.3 Å². The molecule has 1 rings (SSSR count). The van der Waals surface area contributed by atoms with Crippen molar-refractivity contribution in [3.63, 3.8) is 0 Å². The molecule has 3 nitrogen and oxygen atoms in total. The Labute approximate surface area is 97.8 Å². The minimum Gasteiger partial charge on any atom is -0.393 e. The summed E-state index contributed by atoms with van der Waals surface area (Å²) in [4.78, 5) is 13.5. The highest BCUT2D eigenvalue weighted by molar-refractivity contribution is 5.75. The molecule has 0 unspecified atom stereocenters. The molecule has 16 heavy (non-hydrogen) atoms. The molecule has 0 aromatic heterocycles. The van der Waals surface area contributed by atoms with Crippen molar-refractivity contribution in [1.29, 1.82) is 0 Å². The second-order valence-electron chi connectivity index (χ2n) is 4.68. The van der Waals surface area contributed by atoms with E-state index in [4.69, 9.17) is 11.5 Å². The van der Waals surface area contributed by atoms with Gasteiger partial charge in [-0.25, -0.2) is 0 Å². The van der Waals surface area contributed by atoms with E-state index in [0.29, 0.717) is 12.3 Å². The predicted molar refractivity (Wildman–Crippen MR) is 63.7 cm³/mol. The van der Waals surface area contributed by atoms with Gasteiger partial charge in [-0.2, -0.15) is 0 Å². The van der Waals surface area contributed by atoms with Gasteiger partial charge in [0, 0.05) is 26.4 Å². The number of terminal acetylenes is 1. The summed E-state index contributed by atoms with van der Waals surface area (Å²) < 4.78 is 0. The average Bonchev–Trinajstić information content (AvgIpc) is 2.21. The quantitative estimate of drug-likeness (QED) is 0.546. The first-order valence-corrected chi connectivity index (χ1v) is 5.99. The molecule has 0 aliphatic heterocycles. The Balaban J connectivity index is 2.08. The SMILES string of the molecule is C#CCCCCC(=O)N(C)CC1CC(O)C1. The lowest BCUT2D eigenvalue weighted by Gasteiger charge is -2.34. The zero-order valence-corrected chi connectivity index (χ0v) is 9.98. The van der Waals surface area contributed by atoms with Crippen LogP contribution in [-0.2, 0) is 4.79 Å². The normalized spacial score (nSPS) is 23.3. The molecule has 3 heteroatoms. The number of nitrogens with zero attached hydrogens (tertiary/aromatic N) is 1. The van der Waals surface area contributed by atoms with Crippen molar-refractivity contribution in [2.75, 3.05) is 13.6 Å². The fourth-order valence-electron chi connectivity index (χ4n) is 2.03. The molecule has 1 saturated carbocycles. The van der Waals surface area contributed by atoms with Crippen molar-refractivity contribution in [1.82, 2.24) is 4.90 Å². The van der Waals surface area contributed by atoms with Gasteiger partial charge >= 0.3 is 0 Å². The Morgan fingerprint density at radius 2 is 2.19 bits per heavy atom. The summed E-state index contributed by atoms with van der Waals surface area (Å²) in [5.41, 5.74) is 0. The molecule has 1 amide bonds. The second kappa shape index (κ2) is 6.55. The molecule has 1 fully saturated rings. The molecular weight excluding hydrogens is 202 g/mol. The Bertz CT molecular complexity index is 264. The van der Waals surface area contributed by atoms with Gasteiger partial charge in [-0.05, 0) is 31.6 Å². The van der Waals surface area contributed by atoms with E-state index in [1.807, 2.05) is 7.05 Å². The van der Waals surface area contributed by atoms with Gasteiger partial charge in [0.05, 0.1) is 6.10 Å². The molecule has 0 aromatic carbocycles. The Kier molecular flexibility index (Phi) is 5.34. The number of aliphatic hydroxyl groups excluding tert-OH is 1. The molecule has 0 radical (unpaired) electrons. The minimum absolute atomic E-state index is 0.135. The Morgan fingerprint density at radius 1 is 1.50 bits per heavy atom. The molecule has 0 spiro atoms. The number of hydrogen-bond donors (Lipinski definition) is 1. The van der Waals surface area contributed by atoms with Gasteiger partial charge in [0.25, 0.3) is 0 Å². The third kappa shape index (κ3) is 4.24. The van der Waals surface area contributed by atoms with E-state index in [9.17, 15) is 4.79 Å². The molecule has 1 N–H and O–H groups in total. The number of carbonyl (C=O) groups is 1. The van der Waals surface area contributed by atoms with E-state index < -0.39 is 0 Å². The van der Waals surface area contributed by atoms with Crippen LogP contribution in [0.2, 0.25) is 0 Å². The van der Waals surface area contributed by atoms with Gasteiger partial charge in [-0.3, -0.25) is 4.79 Å². The number of rotatable bonds is 6. The maximum absolute atomic E-state index is 11.7. The molecule has 0 saturated heterocycles. The Hall–Kier alpha value is -1.01. The van der Waals surface area contributed by atoms with Crippen molar-refractivity contribution in [2.24, 2.45) is 5.92 Å². The summed E-state index contributed by atoms with van der Waals surface area (Å²) in [7, 11) is 1.84. The van der Waals surface area contributed by atoms with Crippen LogP contribution in [0.3, 0.4) is 0 Å². The predicted octanol–water partition coefficient (Wildman–Crippen LogP) is 1.41. The van der Waals surface area contributed by atoms with E-state index in [0.717, 1.165) is 38.6 Å². The lowest BCUT2D eigenvalue weighted by Crippen LogP contribution is -2.39. The van der Waals surface area contributed by atoms with Crippen LogP contribution in [0.4, 0.5) is 0 Å². The van der Waals surface area contributed by atoms with Crippen LogP contribution in [0, 0.1) is 18.3 Å². The molecule has 1 aliphatic carbocycles. The standard InChI is InChI=1S/C13H21NO2/c1-3-4-5-6-7-13(16)14(2)10-11-8-12(15)9-11/h1,11-12,15H,4-10H2,2H3. The fraction of sp³-hybridized carbons (Fsp3) is 0.769. The lowest BCUT2D eigenvalue weighted by atomic mass is 9.82. The van der Waals surface area contributed by atoms with Gasteiger partial charge in [0.1, 0.15) is 0 Å². The smallest absolute Gasteiger partial charge is 0.222 e. The molecule has 0 atom stereocenters. The van der Waals surface area contributed by atoms with Gasteiger partial charge in [0.2, 0.25) is 5.91 Å². The first-order chi connectivity index (χ1) is 7.63. The van der Waals surface area contributed by atoms with Gasteiger partial charge < -0.3 is 10.0 Å². The number of hydrogen-bond acceptors (Lipinski definition) is 2. The lowest BCUT2D eigenvalue weighted by molar-refractivity contribution is -0.131. The summed E-state index contributed by atoms with van der Waals surface area (Å²) in [6, 6.07) is 0. The molecule has 0 bridgehead atoms. The van der Waals surface area contributed by atoms with Crippen LogP contribution in [0.15, 0.2) is 0 Å². The molecule has 90 valence electrons. The molecule has 0 heterocycles. The molecular formula is C13H21NO2. The highest BCUT2D eigenvalue weighted by Crippen LogP contribution is 2.27. The largest absolute Gasteiger partial charge is 0.393 e. The van der Waals surface area contributed by atoms with Crippen molar-refractivity contribution in [2.45, 2.75) is 44.6 Å². The second-order valence-corrected chi connectivity index (χ2v) is 4.68. The van der Waals surface area contributed by atoms with Crippen molar-refractivity contribution >= 4 is 5.91 Å². The van der Waals surface area contributed by atoms with Crippen LogP contribution in [0.1, 0.15) is 38.5 Å². The van der Waals surface area contributed by atoms with E-state index in [1.54, 1.807) is 4.90 Å². The summed E-state index contributed by atoms with van der Waals surface area (Å²) in [5.74, 6) is 3.26. The van der Waals surface area contributed by atoms with Crippen LogP contribution >= 0.6 is 0 Å². The summed E-state index contributed by atoms with van der Waals surface area (Å²) >= 11 is 0. The zero-order chi connectivity index (χ0) is 12.0. The first-order valence-electron chi connectivity index (χ1n) is 5.99. The third-order valence-corrected chi connectivity index (χ3v) is 3.13. The van der Waals surface area contributed by atoms with Crippen LogP contribution in [0.5, 0.6) is 0 Å². The number of carbonyl (C=O) groups excluding carboxylic acids is 1. The Morgan fingerprint density at radius 3 is 2.75 bits per heavy atom. The monoisotopic (exact) mass is 223 g/mol. The van der Waals surface area contributed by atoms with Crippen molar-refractivity contribution in [3.05, 3.63) is 0 Å². The highest BCUT2D eigenvalue weighted by atomic mass is 16.3. The molecule has 0 aromatic rings. The highest BCUT2D eigenvalue weighted by Gasteiger charge is 2.28. The van der Waals surface area contributed by atoms with E-state index >= 15 is 0 Å². The van der Waals surface area contributed by atoms with E-state index in [-0.39, 0.29) is 12.0 Å². The first kappa shape index (κ1) is 13.1. The summed E-state index contributed by atoms with van der Waals surface area (Å²) in [6.07, 6.45) is 9.84. The third-order valence-electron chi connectivity index (χ3n) is 3.13. The number of unbranched alkanes of at least 4 members (excludes halogenated alkanes) is 2. The summed E-state index contributed by atoms with van der Waals surface area (Å²) in [5, 5.41) is 9.15. The van der Waals surface area contributed by atoms with Crippen molar-refractivity contribution < 1.29 is 9.90 Å². The minimum atomic E-state index is -0.135. The zero-order valence-electron chi connectivity index (χ0n) is 9.98. The topological polar surface area (TPSA) is 40.5 Å². The van der Waals surface area contributed by atoms with Gasteiger partial charge in [-0.1, -0.05) is 0 Å². The summed E-state index contributed by atoms with van der Waals surface area (Å²) in [6.45, 7) is 0.783. The average molecular weight is 223 g/mol.